The van der Waals surface area contributed by atoms with Gasteiger partial charge in [0.1, 0.15) is 0 Å². The largest absolute Gasteiger partial charge is 0.316 e. The second-order valence-corrected chi connectivity index (χ2v) is 4.58. The quantitative estimate of drug-likeness (QED) is 0.826. The number of fused-ring (bicyclic) bond motifs is 1. The van der Waals surface area contributed by atoms with Crippen LogP contribution in [0.1, 0.15) is 12.0 Å². The van der Waals surface area contributed by atoms with Crippen LogP contribution in [0.2, 0.25) is 0 Å². The summed E-state index contributed by atoms with van der Waals surface area (Å²) in [5.41, 5.74) is 1.44. The van der Waals surface area contributed by atoms with Crippen LogP contribution in [0, 0.1) is 5.92 Å². The summed E-state index contributed by atoms with van der Waals surface area (Å²) in [6, 6.07) is 8.64. The summed E-state index contributed by atoms with van der Waals surface area (Å²) in [7, 11) is 0. The minimum atomic E-state index is 0.797. The molecule has 0 saturated carbocycles. The number of hydrogen-bond donors (Lipinski definition) is 1. The first kappa shape index (κ1) is 9.79. The van der Waals surface area contributed by atoms with Crippen molar-refractivity contribution in [2.24, 2.45) is 5.92 Å². The standard InChI is InChI=1S/C14H16N2/c1-2-12-5-7-16-10-14(12)13(3-1)8-11-4-6-15-9-11/h1-3,5,7,10-11,15H,4,6,8-9H2. The number of nitrogens with zero attached hydrogens (tertiary/aromatic N) is 1. The van der Waals surface area contributed by atoms with E-state index in [4.69, 9.17) is 0 Å². The summed E-state index contributed by atoms with van der Waals surface area (Å²) in [5, 5.41) is 6.05. The molecule has 1 unspecified atom stereocenters. The highest BCUT2D eigenvalue weighted by Crippen LogP contribution is 2.22. The topological polar surface area (TPSA) is 24.9 Å². The van der Waals surface area contributed by atoms with E-state index in [-0.39, 0.29) is 0 Å². The van der Waals surface area contributed by atoms with Crippen molar-refractivity contribution in [1.82, 2.24) is 10.3 Å². The summed E-state index contributed by atoms with van der Waals surface area (Å²) in [5.74, 6) is 0.797. The highest BCUT2D eigenvalue weighted by molar-refractivity contribution is 5.84. The van der Waals surface area contributed by atoms with E-state index in [2.05, 4.69) is 34.6 Å². The summed E-state index contributed by atoms with van der Waals surface area (Å²) in [6.07, 6.45) is 6.34. The number of benzene rings is 1. The molecule has 2 heteroatoms. The molecule has 1 saturated heterocycles. The van der Waals surface area contributed by atoms with Gasteiger partial charge in [0.25, 0.3) is 0 Å². The van der Waals surface area contributed by atoms with Gasteiger partial charge in [-0.3, -0.25) is 4.98 Å². The van der Waals surface area contributed by atoms with Gasteiger partial charge in [0.05, 0.1) is 0 Å². The molecule has 0 aliphatic carbocycles. The fourth-order valence-corrected chi connectivity index (χ4v) is 2.55. The molecule has 0 bridgehead atoms. The lowest BCUT2D eigenvalue weighted by Crippen LogP contribution is -2.10. The molecule has 1 aliphatic rings. The Morgan fingerprint density at radius 3 is 3.19 bits per heavy atom. The second-order valence-electron chi connectivity index (χ2n) is 4.58. The van der Waals surface area contributed by atoms with Crippen LogP contribution in [-0.2, 0) is 6.42 Å². The highest BCUT2D eigenvalue weighted by atomic mass is 14.9. The lowest BCUT2D eigenvalue weighted by Gasteiger charge is -2.10. The van der Waals surface area contributed by atoms with Crippen LogP contribution in [0.4, 0.5) is 0 Å². The third-order valence-electron chi connectivity index (χ3n) is 3.44. The lowest BCUT2D eigenvalue weighted by molar-refractivity contribution is 0.582. The van der Waals surface area contributed by atoms with Crippen molar-refractivity contribution in [3.63, 3.8) is 0 Å². The summed E-state index contributed by atoms with van der Waals surface area (Å²) in [4.78, 5) is 4.23. The van der Waals surface area contributed by atoms with Crippen LogP contribution in [0.25, 0.3) is 10.8 Å². The minimum absolute atomic E-state index is 0.797. The molecule has 2 aromatic rings. The van der Waals surface area contributed by atoms with Crippen LogP contribution in [0.15, 0.2) is 36.7 Å². The molecule has 1 fully saturated rings. The predicted molar refractivity (Wildman–Crippen MR) is 66.4 cm³/mol. The van der Waals surface area contributed by atoms with Crippen molar-refractivity contribution in [1.29, 1.82) is 0 Å². The van der Waals surface area contributed by atoms with Crippen molar-refractivity contribution in [2.75, 3.05) is 13.1 Å². The van der Waals surface area contributed by atoms with Crippen molar-refractivity contribution < 1.29 is 0 Å². The van der Waals surface area contributed by atoms with Gasteiger partial charge >= 0.3 is 0 Å². The van der Waals surface area contributed by atoms with Gasteiger partial charge in [0.15, 0.2) is 0 Å². The Hall–Kier alpha value is -1.41. The van der Waals surface area contributed by atoms with Crippen molar-refractivity contribution in [3.8, 4) is 0 Å². The third-order valence-corrected chi connectivity index (χ3v) is 3.44. The molecule has 3 rings (SSSR count). The first-order valence-corrected chi connectivity index (χ1v) is 5.96. The monoisotopic (exact) mass is 212 g/mol. The van der Waals surface area contributed by atoms with Gasteiger partial charge in [0.2, 0.25) is 0 Å². The Morgan fingerprint density at radius 2 is 2.31 bits per heavy atom. The molecule has 1 aromatic heterocycles. The zero-order valence-electron chi connectivity index (χ0n) is 9.32. The predicted octanol–water partition coefficient (Wildman–Crippen LogP) is 2.39. The first-order chi connectivity index (χ1) is 7.93. The van der Waals surface area contributed by atoms with Gasteiger partial charge in [-0.05, 0) is 48.9 Å². The zero-order chi connectivity index (χ0) is 10.8. The number of rotatable bonds is 2. The SMILES string of the molecule is c1cc(CC2CCNC2)c2cnccc2c1. The highest BCUT2D eigenvalue weighted by Gasteiger charge is 2.15. The number of aromatic nitrogens is 1. The molecular weight excluding hydrogens is 196 g/mol. The number of hydrogen-bond acceptors (Lipinski definition) is 2. The Labute approximate surface area is 95.7 Å². The van der Waals surface area contributed by atoms with Crippen molar-refractivity contribution >= 4 is 10.8 Å². The van der Waals surface area contributed by atoms with E-state index in [0.717, 1.165) is 12.5 Å². The smallest absolute Gasteiger partial charge is 0.0349 e. The molecular formula is C14H16N2. The average molecular weight is 212 g/mol. The van der Waals surface area contributed by atoms with E-state index < -0.39 is 0 Å². The summed E-state index contributed by atoms with van der Waals surface area (Å²) in [6.45, 7) is 2.34. The summed E-state index contributed by atoms with van der Waals surface area (Å²) >= 11 is 0. The molecule has 0 amide bonds. The fraction of sp³-hybridized carbons (Fsp3) is 0.357. The first-order valence-electron chi connectivity index (χ1n) is 5.96. The van der Waals surface area contributed by atoms with Gasteiger partial charge in [0, 0.05) is 17.8 Å². The molecule has 2 heterocycles. The van der Waals surface area contributed by atoms with Gasteiger partial charge in [-0.1, -0.05) is 18.2 Å². The van der Waals surface area contributed by atoms with E-state index in [0.29, 0.717) is 0 Å². The molecule has 0 spiro atoms. The van der Waals surface area contributed by atoms with Crippen LogP contribution in [0.5, 0.6) is 0 Å². The maximum atomic E-state index is 4.23. The molecule has 1 N–H and O–H groups in total. The maximum absolute atomic E-state index is 4.23. The second kappa shape index (κ2) is 4.22. The Kier molecular flexibility index (Phi) is 2.58. The van der Waals surface area contributed by atoms with Crippen LogP contribution < -0.4 is 5.32 Å². The molecule has 82 valence electrons. The number of pyridine rings is 1. The van der Waals surface area contributed by atoms with Crippen molar-refractivity contribution in [3.05, 3.63) is 42.2 Å². The van der Waals surface area contributed by atoms with Crippen LogP contribution >= 0.6 is 0 Å². The maximum Gasteiger partial charge on any atom is 0.0349 e. The van der Waals surface area contributed by atoms with E-state index in [9.17, 15) is 0 Å². The zero-order valence-corrected chi connectivity index (χ0v) is 9.32. The number of nitrogens with one attached hydrogen (secondary N) is 1. The lowest BCUT2D eigenvalue weighted by atomic mass is 9.95. The van der Waals surface area contributed by atoms with Gasteiger partial charge in [-0.15, -0.1) is 0 Å². The molecule has 16 heavy (non-hydrogen) atoms. The van der Waals surface area contributed by atoms with E-state index in [1.54, 1.807) is 0 Å². The van der Waals surface area contributed by atoms with Gasteiger partial charge in [-0.2, -0.15) is 0 Å². The Balaban J connectivity index is 1.96. The molecule has 1 aromatic carbocycles. The minimum Gasteiger partial charge on any atom is -0.316 e. The Bertz CT molecular complexity index is 482. The average Bonchev–Trinajstić information content (AvgIpc) is 2.82. The molecule has 0 radical (unpaired) electrons. The third kappa shape index (κ3) is 1.81. The van der Waals surface area contributed by atoms with E-state index >= 15 is 0 Å². The van der Waals surface area contributed by atoms with Crippen molar-refractivity contribution in [2.45, 2.75) is 12.8 Å². The van der Waals surface area contributed by atoms with Crippen LogP contribution in [-0.4, -0.2) is 18.1 Å². The summed E-state index contributed by atoms with van der Waals surface area (Å²) < 4.78 is 0. The normalized spacial score (nSPS) is 20.4. The molecule has 1 atom stereocenters. The van der Waals surface area contributed by atoms with Gasteiger partial charge < -0.3 is 5.32 Å². The molecule has 2 nitrogen and oxygen atoms in total. The van der Waals surface area contributed by atoms with E-state index in [1.807, 2.05) is 12.4 Å². The van der Waals surface area contributed by atoms with E-state index in [1.165, 1.54) is 35.7 Å². The Morgan fingerprint density at radius 1 is 1.31 bits per heavy atom. The van der Waals surface area contributed by atoms with Crippen LogP contribution in [0.3, 0.4) is 0 Å². The fourth-order valence-electron chi connectivity index (χ4n) is 2.55. The van der Waals surface area contributed by atoms with Gasteiger partial charge in [-0.25, -0.2) is 0 Å². The molecule has 1 aliphatic heterocycles.